The van der Waals surface area contributed by atoms with Crippen molar-refractivity contribution in [2.75, 3.05) is 39.7 Å². The van der Waals surface area contributed by atoms with Gasteiger partial charge in [-0.2, -0.15) is 0 Å². The number of nitrogens with zero attached hydrogens (tertiary/aromatic N) is 1. The first-order valence-corrected chi connectivity index (χ1v) is 8.77. The average molecular weight is 379 g/mol. The van der Waals surface area contributed by atoms with E-state index in [-0.39, 0.29) is 28.6 Å². The highest BCUT2D eigenvalue weighted by Crippen LogP contribution is 2.36. The molecule has 1 aromatic rings. The summed E-state index contributed by atoms with van der Waals surface area (Å²) >= 11 is 0. The molecule has 0 aliphatic heterocycles. The monoisotopic (exact) mass is 379 g/mol. The van der Waals surface area contributed by atoms with Crippen molar-refractivity contribution in [2.45, 2.75) is 26.4 Å². The third kappa shape index (κ3) is 4.58. The number of carbonyl (C=O) groups is 2. The Balaban J connectivity index is 0.00000176. The smallest absolute Gasteiger partial charge is 0.257 e. The van der Waals surface area contributed by atoms with Crippen LogP contribution in [0, 0.1) is 0 Å². The summed E-state index contributed by atoms with van der Waals surface area (Å²) in [5.41, 5.74) is -0.840. The third-order valence-electron chi connectivity index (χ3n) is 3.95. The first-order valence-electron chi connectivity index (χ1n) is 8.77. The molecule has 0 bridgehead atoms. The van der Waals surface area contributed by atoms with Crippen LogP contribution >= 0.6 is 0 Å². The Hall–Kier alpha value is -2.58. The second-order valence-corrected chi connectivity index (χ2v) is 6.10. The van der Waals surface area contributed by atoms with Crippen LogP contribution in [0.4, 0.5) is 5.69 Å². The van der Waals surface area contributed by atoms with Gasteiger partial charge in [0.05, 0.1) is 23.6 Å². The van der Waals surface area contributed by atoms with Gasteiger partial charge in [-0.1, -0.05) is 19.9 Å². The number of Topliss-reactive ketones (excluding diaryl/α,β-unsaturated/α-hetero) is 1. The van der Waals surface area contributed by atoms with Gasteiger partial charge in [0.1, 0.15) is 5.70 Å². The maximum absolute atomic E-state index is 12.2. The van der Waals surface area contributed by atoms with E-state index in [1.165, 1.54) is 17.9 Å². The molecule has 1 unspecified atom stereocenters. The number of carbonyl (C=O) groups excluding carboxylic acids is 2. The van der Waals surface area contributed by atoms with E-state index in [0.717, 1.165) is 0 Å². The molecule has 0 radical (unpaired) electrons. The number of para-hydroxylation sites is 1. The zero-order chi connectivity index (χ0) is 20.8. The van der Waals surface area contributed by atoms with Gasteiger partial charge in [0.15, 0.2) is 11.4 Å². The maximum Gasteiger partial charge on any atom is 0.257 e. The van der Waals surface area contributed by atoms with E-state index >= 15 is 0 Å². The number of aromatic hydroxyl groups is 1. The molecule has 0 saturated heterocycles. The minimum Gasteiger partial charge on any atom is -0.505 e. The van der Waals surface area contributed by atoms with Gasteiger partial charge in [-0.15, -0.1) is 0 Å². The van der Waals surface area contributed by atoms with Crippen molar-refractivity contribution in [1.82, 2.24) is 10.2 Å². The van der Waals surface area contributed by atoms with Crippen molar-refractivity contribution in [3.05, 3.63) is 35.2 Å². The molecule has 0 fully saturated rings. The zero-order valence-electron chi connectivity index (χ0n) is 16.7. The molecule has 1 atom stereocenters. The molecular formula is C19H29N3O5. The lowest BCUT2D eigenvalue weighted by Crippen LogP contribution is -2.55. The molecule has 0 aromatic heterocycles. The number of amides is 1. The Bertz CT molecular complexity index is 726. The van der Waals surface area contributed by atoms with Crippen molar-refractivity contribution in [2.24, 2.45) is 0 Å². The number of methoxy groups -OCH3 is 1. The van der Waals surface area contributed by atoms with Gasteiger partial charge < -0.3 is 30.5 Å². The summed E-state index contributed by atoms with van der Waals surface area (Å²) in [6.45, 7) is 6.20. The summed E-state index contributed by atoms with van der Waals surface area (Å²) in [6, 6.07) is 4.63. The molecule has 150 valence electrons. The minimum atomic E-state index is -1.62. The Labute approximate surface area is 159 Å². The first kappa shape index (κ1) is 22.5. The van der Waals surface area contributed by atoms with Crippen molar-refractivity contribution in [3.63, 3.8) is 0 Å². The first-order chi connectivity index (χ1) is 12.7. The maximum atomic E-state index is 12.2. The highest BCUT2D eigenvalue weighted by atomic mass is 16.5. The van der Waals surface area contributed by atoms with Crippen molar-refractivity contribution in [1.29, 1.82) is 0 Å². The standard InChI is InChI=1S/C17H23N3O5.C2H6/c1-17(24)14(18-8-9-25-4)12(15(17)22)19-11-7-5-6-10(13(11)21)16(23)20(2)3;1-2/h5-7,18-19,21,24H,8-9H2,1-4H3;1-2H3. The van der Waals surface area contributed by atoms with E-state index in [1.54, 1.807) is 33.3 Å². The molecule has 1 aliphatic carbocycles. The number of nitrogens with one attached hydrogen (secondary N) is 2. The van der Waals surface area contributed by atoms with E-state index in [9.17, 15) is 19.8 Å². The Morgan fingerprint density at radius 2 is 1.93 bits per heavy atom. The van der Waals surface area contributed by atoms with Gasteiger partial charge in [-0.05, 0) is 19.1 Å². The van der Waals surface area contributed by atoms with Crippen LogP contribution in [0.5, 0.6) is 5.75 Å². The van der Waals surface area contributed by atoms with Crippen molar-refractivity contribution in [3.8, 4) is 5.75 Å². The minimum absolute atomic E-state index is 0.114. The lowest BCUT2D eigenvalue weighted by atomic mass is 9.81. The number of anilines is 1. The third-order valence-corrected chi connectivity index (χ3v) is 3.95. The molecule has 1 aliphatic rings. The van der Waals surface area contributed by atoms with Crippen molar-refractivity contribution < 1.29 is 24.5 Å². The van der Waals surface area contributed by atoms with Crippen LogP contribution in [0.3, 0.4) is 0 Å². The van der Waals surface area contributed by atoms with Crippen molar-refractivity contribution >= 4 is 17.4 Å². The van der Waals surface area contributed by atoms with Gasteiger partial charge in [-0.3, -0.25) is 9.59 Å². The van der Waals surface area contributed by atoms with Crippen LogP contribution in [0.25, 0.3) is 0 Å². The van der Waals surface area contributed by atoms with E-state index in [1.807, 2.05) is 13.8 Å². The lowest BCUT2D eigenvalue weighted by Gasteiger charge is -2.38. The summed E-state index contributed by atoms with van der Waals surface area (Å²) in [4.78, 5) is 25.6. The number of hydrogen-bond donors (Lipinski definition) is 4. The molecule has 1 aromatic carbocycles. The Kier molecular flexibility index (Phi) is 7.81. The van der Waals surface area contributed by atoms with E-state index in [2.05, 4.69) is 10.6 Å². The predicted octanol–water partition coefficient (Wildman–Crippen LogP) is 1.31. The van der Waals surface area contributed by atoms with Gasteiger partial charge in [0.2, 0.25) is 5.78 Å². The second-order valence-electron chi connectivity index (χ2n) is 6.10. The molecule has 8 nitrogen and oxygen atoms in total. The lowest BCUT2D eigenvalue weighted by molar-refractivity contribution is -0.132. The van der Waals surface area contributed by atoms with Crippen LogP contribution in [0.2, 0.25) is 0 Å². The van der Waals surface area contributed by atoms with Crippen LogP contribution in [0.15, 0.2) is 29.6 Å². The number of aliphatic hydroxyl groups is 1. The Morgan fingerprint density at radius 3 is 2.48 bits per heavy atom. The number of rotatable bonds is 7. The topological polar surface area (TPSA) is 111 Å². The summed E-state index contributed by atoms with van der Waals surface area (Å²) < 4.78 is 4.94. The fourth-order valence-electron chi connectivity index (χ4n) is 2.50. The van der Waals surface area contributed by atoms with Crippen LogP contribution in [-0.2, 0) is 9.53 Å². The summed E-state index contributed by atoms with van der Waals surface area (Å²) in [6.07, 6.45) is 0. The highest BCUT2D eigenvalue weighted by Gasteiger charge is 2.49. The number of benzene rings is 1. The molecule has 1 amide bonds. The summed E-state index contributed by atoms with van der Waals surface area (Å²) in [7, 11) is 4.70. The quantitative estimate of drug-likeness (QED) is 0.418. The highest BCUT2D eigenvalue weighted by molar-refractivity contribution is 6.14. The molecule has 8 heteroatoms. The van der Waals surface area contributed by atoms with Gasteiger partial charge in [0.25, 0.3) is 5.91 Å². The second kappa shape index (κ2) is 9.38. The molecular weight excluding hydrogens is 350 g/mol. The summed E-state index contributed by atoms with van der Waals surface area (Å²) in [5, 5.41) is 26.3. The Morgan fingerprint density at radius 1 is 1.30 bits per heavy atom. The fraction of sp³-hybridized carbons (Fsp3) is 0.474. The molecule has 27 heavy (non-hydrogen) atoms. The molecule has 2 rings (SSSR count). The number of hydrogen-bond acceptors (Lipinski definition) is 7. The van der Waals surface area contributed by atoms with Gasteiger partial charge >= 0.3 is 0 Å². The van der Waals surface area contributed by atoms with E-state index in [0.29, 0.717) is 18.8 Å². The SMILES string of the molecule is CC.COCCNC1=C(Nc2cccc(C(=O)N(C)C)c2O)C(=O)C1(C)O. The zero-order valence-corrected chi connectivity index (χ0v) is 16.7. The van der Waals surface area contributed by atoms with E-state index in [4.69, 9.17) is 4.74 Å². The number of ether oxygens (including phenoxy) is 1. The molecule has 0 spiro atoms. The van der Waals surface area contributed by atoms with Crippen LogP contribution in [0.1, 0.15) is 31.1 Å². The molecule has 0 saturated carbocycles. The predicted molar refractivity (Wildman–Crippen MR) is 104 cm³/mol. The number of phenolic OH excluding ortho intramolecular Hbond substituents is 1. The van der Waals surface area contributed by atoms with Gasteiger partial charge in [0, 0.05) is 27.7 Å². The normalized spacial score (nSPS) is 18.3. The van der Waals surface area contributed by atoms with E-state index < -0.39 is 11.4 Å². The van der Waals surface area contributed by atoms with Gasteiger partial charge in [-0.25, -0.2) is 0 Å². The largest absolute Gasteiger partial charge is 0.505 e. The molecule has 0 heterocycles. The molecule has 4 N–H and O–H groups in total. The fourth-order valence-corrected chi connectivity index (χ4v) is 2.50. The van der Waals surface area contributed by atoms with Crippen LogP contribution < -0.4 is 10.6 Å². The summed E-state index contributed by atoms with van der Waals surface area (Å²) in [5.74, 6) is -1.12. The van der Waals surface area contributed by atoms with Crippen LogP contribution in [-0.4, -0.2) is 66.8 Å². The average Bonchev–Trinajstić information content (AvgIpc) is 2.65. The number of ketones is 1. The number of phenols is 1.